The van der Waals surface area contributed by atoms with Gasteiger partial charge in [0, 0.05) is 31.0 Å². The lowest BCUT2D eigenvalue weighted by Crippen LogP contribution is -2.47. The summed E-state index contributed by atoms with van der Waals surface area (Å²) in [4.78, 5) is 26.9. The van der Waals surface area contributed by atoms with Crippen molar-refractivity contribution in [1.29, 1.82) is 0 Å². The summed E-state index contributed by atoms with van der Waals surface area (Å²) in [5, 5.41) is 9.74. The van der Waals surface area contributed by atoms with Crippen LogP contribution in [0.5, 0.6) is 0 Å². The van der Waals surface area contributed by atoms with Crippen LogP contribution in [0.3, 0.4) is 0 Å². The van der Waals surface area contributed by atoms with Crippen LogP contribution in [0.25, 0.3) is 0 Å². The van der Waals surface area contributed by atoms with Gasteiger partial charge in [0.25, 0.3) is 0 Å². The molecule has 22 heavy (non-hydrogen) atoms. The monoisotopic (exact) mass is 309 g/mol. The SMILES string of the molecule is CCC1(C(=O)N2C[C@H]3COCC[C@@]3(C(=O)O)C2)CCCCC1. The summed E-state index contributed by atoms with van der Waals surface area (Å²) in [5.41, 5.74) is -1.02. The third kappa shape index (κ3) is 2.34. The van der Waals surface area contributed by atoms with Gasteiger partial charge in [0.15, 0.2) is 0 Å². The van der Waals surface area contributed by atoms with Crippen molar-refractivity contribution in [3.63, 3.8) is 0 Å². The van der Waals surface area contributed by atoms with Crippen molar-refractivity contribution in [2.24, 2.45) is 16.7 Å². The van der Waals surface area contributed by atoms with Gasteiger partial charge in [-0.2, -0.15) is 0 Å². The Labute approximate surface area is 132 Å². The first-order valence-electron chi connectivity index (χ1n) is 8.65. The van der Waals surface area contributed by atoms with E-state index in [0.717, 1.165) is 32.1 Å². The van der Waals surface area contributed by atoms with E-state index < -0.39 is 11.4 Å². The third-order valence-electron chi connectivity index (χ3n) is 6.36. The second-order valence-electron chi connectivity index (χ2n) is 7.36. The van der Waals surface area contributed by atoms with Crippen molar-refractivity contribution in [2.45, 2.75) is 51.9 Å². The maximum Gasteiger partial charge on any atom is 0.311 e. The quantitative estimate of drug-likeness (QED) is 0.868. The lowest BCUT2D eigenvalue weighted by atomic mass is 9.71. The van der Waals surface area contributed by atoms with E-state index >= 15 is 0 Å². The van der Waals surface area contributed by atoms with Crippen molar-refractivity contribution < 1.29 is 19.4 Å². The minimum absolute atomic E-state index is 0.0554. The number of rotatable bonds is 3. The van der Waals surface area contributed by atoms with Gasteiger partial charge in [0.05, 0.1) is 12.0 Å². The molecular weight excluding hydrogens is 282 g/mol. The Morgan fingerprint density at radius 3 is 2.55 bits per heavy atom. The highest BCUT2D eigenvalue weighted by atomic mass is 16.5. The van der Waals surface area contributed by atoms with Gasteiger partial charge in [-0.3, -0.25) is 9.59 Å². The van der Waals surface area contributed by atoms with Gasteiger partial charge < -0.3 is 14.7 Å². The van der Waals surface area contributed by atoms with Gasteiger partial charge in [0.1, 0.15) is 0 Å². The van der Waals surface area contributed by atoms with E-state index in [0.29, 0.717) is 32.7 Å². The molecule has 0 radical (unpaired) electrons. The van der Waals surface area contributed by atoms with Crippen LogP contribution >= 0.6 is 0 Å². The molecule has 1 saturated carbocycles. The highest BCUT2D eigenvalue weighted by molar-refractivity contribution is 5.85. The molecule has 0 aromatic rings. The fourth-order valence-corrected chi connectivity index (χ4v) is 4.74. The molecule has 124 valence electrons. The summed E-state index contributed by atoms with van der Waals surface area (Å²) in [5.74, 6) is -0.616. The normalized spacial score (nSPS) is 34.2. The summed E-state index contributed by atoms with van der Waals surface area (Å²) in [6.07, 6.45) is 6.75. The average molecular weight is 309 g/mol. The Balaban J connectivity index is 1.81. The van der Waals surface area contributed by atoms with Crippen molar-refractivity contribution in [1.82, 2.24) is 4.90 Å². The number of carboxylic acid groups (broad SMARTS) is 1. The molecule has 5 heteroatoms. The first-order chi connectivity index (χ1) is 10.5. The molecule has 2 saturated heterocycles. The van der Waals surface area contributed by atoms with E-state index in [1.165, 1.54) is 6.42 Å². The fraction of sp³-hybridized carbons (Fsp3) is 0.882. The molecule has 3 rings (SSSR count). The minimum atomic E-state index is -0.780. The van der Waals surface area contributed by atoms with Crippen molar-refractivity contribution >= 4 is 11.9 Å². The summed E-state index contributed by atoms with van der Waals surface area (Å²) in [6.45, 7) is 3.98. The van der Waals surface area contributed by atoms with Gasteiger partial charge in [-0.05, 0) is 25.7 Å². The zero-order chi connectivity index (χ0) is 15.8. The maximum atomic E-state index is 13.2. The fourth-order valence-electron chi connectivity index (χ4n) is 4.74. The lowest BCUT2D eigenvalue weighted by molar-refractivity contribution is -0.157. The van der Waals surface area contributed by atoms with Crippen molar-refractivity contribution in [3.8, 4) is 0 Å². The molecule has 1 N–H and O–H groups in total. The van der Waals surface area contributed by atoms with E-state index in [-0.39, 0.29) is 17.2 Å². The summed E-state index contributed by atoms with van der Waals surface area (Å²) in [7, 11) is 0. The molecule has 2 heterocycles. The minimum Gasteiger partial charge on any atom is -0.481 e. The second-order valence-corrected chi connectivity index (χ2v) is 7.36. The molecule has 0 aromatic heterocycles. The number of carbonyl (C=O) groups is 2. The van der Waals surface area contributed by atoms with Gasteiger partial charge in [-0.25, -0.2) is 0 Å². The average Bonchev–Trinajstić information content (AvgIpc) is 2.95. The predicted octanol–water partition coefficient (Wildman–Crippen LogP) is 2.30. The van der Waals surface area contributed by atoms with E-state index in [9.17, 15) is 14.7 Å². The molecule has 0 unspecified atom stereocenters. The lowest BCUT2D eigenvalue weighted by Gasteiger charge is -2.38. The molecule has 3 fully saturated rings. The number of aliphatic carboxylic acids is 1. The number of hydrogen-bond donors (Lipinski definition) is 1. The maximum absolute atomic E-state index is 13.2. The Morgan fingerprint density at radius 1 is 1.23 bits per heavy atom. The van der Waals surface area contributed by atoms with Gasteiger partial charge >= 0.3 is 5.97 Å². The molecule has 0 bridgehead atoms. The van der Waals surface area contributed by atoms with Crippen LogP contribution < -0.4 is 0 Å². The van der Waals surface area contributed by atoms with Crippen LogP contribution in [-0.4, -0.2) is 48.2 Å². The van der Waals surface area contributed by atoms with Gasteiger partial charge in [-0.15, -0.1) is 0 Å². The molecule has 0 spiro atoms. The molecule has 3 aliphatic rings. The van der Waals surface area contributed by atoms with Gasteiger partial charge in [-0.1, -0.05) is 26.2 Å². The summed E-state index contributed by atoms with van der Waals surface area (Å²) in [6, 6.07) is 0. The number of likely N-dealkylation sites (tertiary alicyclic amines) is 1. The summed E-state index contributed by atoms with van der Waals surface area (Å²) >= 11 is 0. The van der Waals surface area contributed by atoms with Crippen LogP contribution in [-0.2, 0) is 14.3 Å². The number of ether oxygens (including phenoxy) is 1. The summed E-state index contributed by atoms with van der Waals surface area (Å²) < 4.78 is 5.48. The molecular formula is C17H27NO4. The molecule has 1 aliphatic carbocycles. The van der Waals surface area contributed by atoms with Crippen LogP contribution in [0.15, 0.2) is 0 Å². The third-order valence-corrected chi connectivity index (χ3v) is 6.36. The number of nitrogens with zero attached hydrogens (tertiary/aromatic N) is 1. The largest absolute Gasteiger partial charge is 0.481 e. The van der Waals surface area contributed by atoms with E-state index in [1.54, 1.807) is 0 Å². The standard InChI is InChI=1S/C17H27NO4/c1-2-16(6-4-3-5-7-16)14(19)18-10-13-11-22-9-8-17(13,12-18)15(20)21/h13H,2-12H2,1H3,(H,20,21)/t13-,17+/m0/s1. The number of carbonyl (C=O) groups excluding carboxylic acids is 1. The van der Waals surface area contributed by atoms with E-state index in [2.05, 4.69) is 6.92 Å². The second kappa shape index (κ2) is 5.84. The molecule has 2 atom stereocenters. The predicted molar refractivity (Wildman–Crippen MR) is 81.4 cm³/mol. The van der Waals surface area contributed by atoms with Crippen molar-refractivity contribution in [3.05, 3.63) is 0 Å². The topological polar surface area (TPSA) is 66.8 Å². The molecule has 2 aliphatic heterocycles. The first kappa shape index (κ1) is 15.8. The van der Waals surface area contributed by atoms with Crippen LogP contribution in [0.4, 0.5) is 0 Å². The highest BCUT2D eigenvalue weighted by Crippen LogP contribution is 2.46. The Hall–Kier alpha value is -1.10. The zero-order valence-corrected chi connectivity index (χ0v) is 13.5. The molecule has 1 amide bonds. The zero-order valence-electron chi connectivity index (χ0n) is 13.5. The Bertz CT molecular complexity index is 458. The number of fused-ring (bicyclic) bond motifs is 1. The van der Waals surface area contributed by atoms with Gasteiger partial charge in [0.2, 0.25) is 5.91 Å². The number of amides is 1. The first-order valence-corrected chi connectivity index (χ1v) is 8.65. The highest BCUT2D eigenvalue weighted by Gasteiger charge is 2.56. The van der Waals surface area contributed by atoms with E-state index in [4.69, 9.17) is 4.74 Å². The number of carboxylic acids is 1. The molecule has 0 aromatic carbocycles. The van der Waals surface area contributed by atoms with Crippen LogP contribution in [0.1, 0.15) is 51.9 Å². The van der Waals surface area contributed by atoms with E-state index in [1.807, 2.05) is 4.90 Å². The Kier molecular flexibility index (Phi) is 4.19. The van der Waals surface area contributed by atoms with Crippen LogP contribution in [0.2, 0.25) is 0 Å². The Morgan fingerprint density at radius 2 is 1.95 bits per heavy atom. The smallest absolute Gasteiger partial charge is 0.311 e. The van der Waals surface area contributed by atoms with Crippen LogP contribution in [0, 0.1) is 16.7 Å². The number of hydrogen-bond acceptors (Lipinski definition) is 3. The molecule has 5 nitrogen and oxygen atoms in total. The van der Waals surface area contributed by atoms with Crippen molar-refractivity contribution in [2.75, 3.05) is 26.3 Å².